The van der Waals surface area contributed by atoms with E-state index in [0.717, 1.165) is 3.57 Å². The first-order valence-electron chi connectivity index (χ1n) is 9.01. The summed E-state index contributed by atoms with van der Waals surface area (Å²) < 4.78 is 17.3. The number of aliphatic imine (C=N–C) groups is 1. The first-order valence-corrected chi connectivity index (χ1v) is 10.5. The van der Waals surface area contributed by atoms with Crippen LogP contribution >= 0.6 is 34.2 Å². The van der Waals surface area contributed by atoms with Crippen LogP contribution in [0.4, 0.5) is 5.69 Å². The Kier molecular flexibility index (Phi) is 7.29. The molecule has 0 saturated carbocycles. The highest BCUT2D eigenvalue weighted by molar-refractivity contribution is 14.1. The second-order valence-corrected chi connectivity index (χ2v) is 7.69. The van der Waals surface area contributed by atoms with Crippen LogP contribution in [0.1, 0.15) is 18.1 Å². The number of hydrogen-bond donors (Lipinski definition) is 0. The van der Waals surface area contributed by atoms with Crippen molar-refractivity contribution in [1.29, 1.82) is 0 Å². The molecule has 31 heavy (non-hydrogen) atoms. The molecule has 1 heterocycles. The van der Waals surface area contributed by atoms with Gasteiger partial charge in [-0.3, -0.25) is 10.1 Å². The Labute approximate surface area is 196 Å². The number of nitrogens with zero attached hydrogens (tertiary/aromatic N) is 2. The average Bonchev–Trinajstić information content (AvgIpc) is 3.08. The number of rotatable bonds is 8. The monoisotopic (exact) mass is 554 g/mol. The molecule has 10 heteroatoms. The van der Waals surface area contributed by atoms with Crippen molar-refractivity contribution in [2.75, 3.05) is 13.2 Å². The molecule has 0 aliphatic carbocycles. The van der Waals surface area contributed by atoms with E-state index in [1.807, 2.05) is 13.0 Å². The van der Waals surface area contributed by atoms with Crippen LogP contribution in [-0.4, -0.2) is 30.0 Å². The summed E-state index contributed by atoms with van der Waals surface area (Å²) >= 11 is 7.95. The Bertz CT molecular complexity index is 1130. The molecule has 2 aromatic carbocycles. The third-order valence-electron chi connectivity index (χ3n) is 3.99. The Hall–Kier alpha value is -2.92. The highest BCUT2D eigenvalue weighted by Crippen LogP contribution is 2.35. The molecule has 0 radical (unpaired) electrons. The van der Waals surface area contributed by atoms with Gasteiger partial charge in [0.25, 0.3) is 5.69 Å². The number of ether oxygens (including phenoxy) is 3. The predicted molar refractivity (Wildman–Crippen MR) is 125 cm³/mol. The molecule has 0 atom stereocenters. The normalized spacial score (nSPS) is 14.2. The molecule has 1 aliphatic rings. The van der Waals surface area contributed by atoms with Gasteiger partial charge in [0, 0.05) is 11.6 Å². The molecule has 8 nitrogen and oxygen atoms in total. The van der Waals surface area contributed by atoms with E-state index in [4.69, 9.17) is 25.8 Å². The van der Waals surface area contributed by atoms with Crippen LogP contribution in [0.25, 0.3) is 6.08 Å². The predicted octanol–water partition coefficient (Wildman–Crippen LogP) is 5.16. The Morgan fingerprint density at radius 1 is 1.32 bits per heavy atom. The molecule has 0 amide bonds. The summed E-state index contributed by atoms with van der Waals surface area (Å²) in [4.78, 5) is 27.0. The minimum absolute atomic E-state index is 0.0220. The van der Waals surface area contributed by atoms with E-state index >= 15 is 0 Å². The molecular formula is C21H16ClIN2O6. The topological polar surface area (TPSA) is 100 Å². The van der Waals surface area contributed by atoms with Gasteiger partial charge in [-0.2, -0.15) is 0 Å². The number of benzene rings is 2. The second-order valence-electron chi connectivity index (χ2n) is 6.12. The van der Waals surface area contributed by atoms with Crippen LogP contribution < -0.4 is 9.47 Å². The lowest BCUT2D eigenvalue weighted by Gasteiger charge is -2.13. The summed E-state index contributed by atoms with van der Waals surface area (Å²) in [5.74, 6) is 0.386. The van der Waals surface area contributed by atoms with E-state index in [2.05, 4.69) is 34.2 Å². The summed E-state index contributed by atoms with van der Waals surface area (Å²) in [5.41, 5.74) is 0.662. The number of halogens is 2. The Morgan fingerprint density at radius 3 is 2.77 bits per heavy atom. The first-order chi connectivity index (χ1) is 14.8. The molecule has 2 aromatic rings. The Morgan fingerprint density at radius 2 is 2.10 bits per heavy atom. The highest BCUT2D eigenvalue weighted by Gasteiger charge is 2.26. The van der Waals surface area contributed by atoms with Gasteiger partial charge >= 0.3 is 5.97 Å². The lowest BCUT2D eigenvalue weighted by Crippen LogP contribution is -2.06. The van der Waals surface area contributed by atoms with Gasteiger partial charge < -0.3 is 14.2 Å². The summed E-state index contributed by atoms with van der Waals surface area (Å²) in [5, 5.41) is 11.1. The standard InChI is InChI=1S/C21H16ClIN2O6/c1-3-7-30-19-15(23)8-12(10-18(19)29-4-2)9-16-21(26)31-20(24-16)13-5-6-14(22)17(11-13)25(27)28/h3,5-6,8-11H,1,4,7H2,2H3/b16-9-. The van der Waals surface area contributed by atoms with Gasteiger partial charge in [-0.05, 0) is 65.4 Å². The lowest BCUT2D eigenvalue weighted by atomic mass is 10.1. The molecule has 0 saturated heterocycles. The molecular weight excluding hydrogens is 539 g/mol. The average molecular weight is 555 g/mol. The largest absolute Gasteiger partial charge is 0.490 e. The third-order valence-corrected chi connectivity index (χ3v) is 5.11. The second kappa shape index (κ2) is 9.92. The fraction of sp³-hybridized carbons (Fsp3) is 0.143. The van der Waals surface area contributed by atoms with Crippen molar-refractivity contribution in [1.82, 2.24) is 0 Å². The zero-order valence-electron chi connectivity index (χ0n) is 16.3. The van der Waals surface area contributed by atoms with E-state index < -0.39 is 10.9 Å². The van der Waals surface area contributed by atoms with Crippen molar-refractivity contribution >= 4 is 57.8 Å². The minimum Gasteiger partial charge on any atom is -0.490 e. The van der Waals surface area contributed by atoms with Crippen molar-refractivity contribution in [2.45, 2.75) is 6.92 Å². The minimum atomic E-state index is -0.674. The van der Waals surface area contributed by atoms with E-state index in [1.54, 1.807) is 18.2 Å². The highest BCUT2D eigenvalue weighted by atomic mass is 127. The van der Waals surface area contributed by atoms with Gasteiger partial charge in [0.05, 0.1) is 15.1 Å². The third kappa shape index (κ3) is 5.23. The van der Waals surface area contributed by atoms with Crippen molar-refractivity contribution < 1.29 is 23.9 Å². The SMILES string of the molecule is C=CCOc1c(I)cc(/C=C2\N=C(c3ccc(Cl)c([N+](=O)[O-])c3)OC2=O)cc1OCC. The molecule has 3 rings (SSSR count). The number of carbonyl (C=O) groups is 1. The maximum Gasteiger partial charge on any atom is 0.363 e. The summed E-state index contributed by atoms with van der Waals surface area (Å²) in [6.07, 6.45) is 3.18. The summed E-state index contributed by atoms with van der Waals surface area (Å²) in [6.45, 7) is 6.25. The van der Waals surface area contributed by atoms with Gasteiger partial charge in [0.2, 0.25) is 5.90 Å². The van der Waals surface area contributed by atoms with Crippen LogP contribution in [0, 0.1) is 13.7 Å². The van der Waals surface area contributed by atoms with Crippen molar-refractivity contribution in [3.63, 3.8) is 0 Å². The number of esters is 1. The number of nitro benzene ring substituents is 1. The molecule has 0 fully saturated rings. The van der Waals surface area contributed by atoms with Crippen LogP contribution in [0.3, 0.4) is 0 Å². The zero-order valence-corrected chi connectivity index (χ0v) is 19.2. The molecule has 0 aromatic heterocycles. The summed E-state index contributed by atoms with van der Waals surface area (Å²) in [6, 6.07) is 7.59. The fourth-order valence-corrected chi connectivity index (χ4v) is 3.66. The van der Waals surface area contributed by atoms with Crippen molar-refractivity contribution in [3.8, 4) is 11.5 Å². The number of cyclic esters (lactones) is 1. The van der Waals surface area contributed by atoms with Crippen LogP contribution in [0.5, 0.6) is 11.5 Å². The van der Waals surface area contributed by atoms with Gasteiger partial charge in [0.1, 0.15) is 11.6 Å². The van der Waals surface area contributed by atoms with Crippen molar-refractivity contribution in [3.05, 3.63) is 78.5 Å². The summed E-state index contributed by atoms with van der Waals surface area (Å²) in [7, 11) is 0. The van der Waals surface area contributed by atoms with E-state index in [9.17, 15) is 14.9 Å². The zero-order chi connectivity index (χ0) is 22.5. The van der Waals surface area contributed by atoms with E-state index in [0.29, 0.717) is 30.3 Å². The molecule has 1 aliphatic heterocycles. The van der Waals surface area contributed by atoms with Gasteiger partial charge in [-0.25, -0.2) is 9.79 Å². The molecule has 0 bridgehead atoms. The number of carbonyl (C=O) groups excluding carboxylic acids is 1. The Balaban J connectivity index is 1.97. The van der Waals surface area contributed by atoms with Gasteiger partial charge in [-0.15, -0.1) is 0 Å². The lowest BCUT2D eigenvalue weighted by molar-refractivity contribution is -0.384. The number of hydrogen-bond acceptors (Lipinski definition) is 7. The molecule has 0 spiro atoms. The van der Waals surface area contributed by atoms with Gasteiger partial charge in [0.15, 0.2) is 17.2 Å². The van der Waals surface area contributed by atoms with Crippen LogP contribution in [0.2, 0.25) is 5.02 Å². The molecule has 0 N–H and O–H groups in total. The van der Waals surface area contributed by atoms with Crippen LogP contribution in [0.15, 0.2) is 53.7 Å². The number of nitro groups is 1. The van der Waals surface area contributed by atoms with E-state index in [1.165, 1.54) is 18.2 Å². The molecule has 160 valence electrons. The fourth-order valence-electron chi connectivity index (χ4n) is 2.69. The van der Waals surface area contributed by atoms with Crippen molar-refractivity contribution in [2.24, 2.45) is 4.99 Å². The smallest absolute Gasteiger partial charge is 0.363 e. The first kappa shape index (κ1) is 22.8. The maximum absolute atomic E-state index is 12.3. The molecule has 0 unspecified atom stereocenters. The van der Waals surface area contributed by atoms with Crippen LogP contribution in [-0.2, 0) is 9.53 Å². The van der Waals surface area contributed by atoms with E-state index in [-0.39, 0.29) is 27.9 Å². The maximum atomic E-state index is 12.3. The quantitative estimate of drug-likeness (QED) is 0.112. The van der Waals surface area contributed by atoms with Gasteiger partial charge in [-0.1, -0.05) is 24.3 Å².